The van der Waals surface area contributed by atoms with E-state index in [9.17, 15) is 4.79 Å². The molecule has 1 aliphatic heterocycles. The first kappa shape index (κ1) is 17.7. The molecule has 1 unspecified atom stereocenters. The number of carbonyl (C=O) groups is 1. The van der Waals surface area contributed by atoms with Crippen LogP contribution in [0.15, 0.2) is 48.9 Å². The molecule has 140 valence electrons. The van der Waals surface area contributed by atoms with Crippen molar-refractivity contribution in [1.82, 2.24) is 20.2 Å². The predicted molar refractivity (Wildman–Crippen MR) is 108 cm³/mol. The van der Waals surface area contributed by atoms with Gasteiger partial charge in [0.15, 0.2) is 0 Å². The van der Waals surface area contributed by atoms with E-state index in [0.29, 0.717) is 6.54 Å². The van der Waals surface area contributed by atoms with Crippen LogP contribution >= 0.6 is 0 Å². The molecule has 27 heavy (non-hydrogen) atoms. The third-order valence-corrected chi connectivity index (χ3v) is 5.46. The van der Waals surface area contributed by atoms with Crippen LogP contribution < -0.4 is 5.32 Å². The molecule has 2 aromatic heterocycles. The maximum absolute atomic E-state index is 13.0. The molecule has 1 fully saturated rings. The summed E-state index contributed by atoms with van der Waals surface area (Å²) in [6.45, 7) is 4.67. The van der Waals surface area contributed by atoms with E-state index in [2.05, 4.69) is 51.5 Å². The lowest BCUT2D eigenvalue weighted by Gasteiger charge is -2.26. The number of pyridine rings is 1. The molecule has 0 radical (unpaired) electrons. The van der Waals surface area contributed by atoms with E-state index in [1.807, 2.05) is 18.3 Å². The van der Waals surface area contributed by atoms with Gasteiger partial charge >= 0.3 is 0 Å². The van der Waals surface area contributed by atoms with Crippen molar-refractivity contribution < 1.29 is 4.79 Å². The Hall–Kier alpha value is -2.66. The molecular weight excluding hydrogens is 336 g/mol. The van der Waals surface area contributed by atoms with Crippen LogP contribution in [0.3, 0.4) is 0 Å². The molecule has 1 amide bonds. The lowest BCUT2D eigenvalue weighted by atomic mass is 10.1. The van der Waals surface area contributed by atoms with Crippen molar-refractivity contribution in [1.29, 1.82) is 0 Å². The number of para-hydroxylation sites is 1. The third-order valence-electron chi connectivity index (χ3n) is 5.46. The van der Waals surface area contributed by atoms with Crippen LogP contribution in [0.5, 0.6) is 0 Å². The number of nitrogens with one attached hydrogen (secondary N) is 2. The van der Waals surface area contributed by atoms with Gasteiger partial charge in [0.1, 0.15) is 6.04 Å². The number of aryl methyl sites for hydroxylation is 1. The molecule has 1 atom stereocenters. The number of hydrogen-bond acceptors (Lipinski definition) is 3. The van der Waals surface area contributed by atoms with E-state index in [0.717, 1.165) is 37.9 Å². The van der Waals surface area contributed by atoms with Crippen LogP contribution in [0.4, 0.5) is 0 Å². The molecule has 2 N–H and O–H groups in total. The summed E-state index contributed by atoms with van der Waals surface area (Å²) in [7, 11) is 0. The van der Waals surface area contributed by atoms with Gasteiger partial charge < -0.3 is 10.3 Å². The number of benzene rings is 1. The molecule has 5 nitrogen and oxygen atoms in total. The zero-order valence-electron chi connectivity index (χ0n) is 15.7. The number of hydrogen-bond donors (Lipinski definition) is 2. The summed E-state index contributed by atoms with van der Waals surface area (Å²) in [4.78, 5) is 22.8. The van der Waals surface area contributed by atoms with Crippen LogP contribution in [0.1, 0.15) is 35.6 Å². The number of H-pyrrole nitrogens is 1. The first-order valence-electron chi connectivity index (χ1n) is 9.71. The normalized spacial score (nSPS) is 15.9. The number of aromatic nitrogens is 2. The molecule has 0 spiro atoms. The number of likely N-dealkylation sites (tertiary alicyclic amines) is 1. The van der Waals surface area contributed by atoms with Gasteiger partial charge in [-0.25, -0.2) is 0 Å². The second-order valence-corrected chi connectivity index (χ2v) is 7.28. The van der Waals surface area contributed by atoms with Crippen molar-refractivity contribution in [3.63, 3.8) is 0 Å². The average Bonchev–Trinajstić information content (AvgIpc) is 3.34. The van der Waals surface area contributed by atoms with Gasteiger partial charge in [0.25, 0.3) is 0 Å². The van der Waals surface area contributed by atoms with Gasteiger partial charge in [-0.3, -0.25) is 14.7 Å². The maximum Gasteiger partial charge on any atom is 0.242 e. The number of amides is 1. The van der Waals surface area contributed by atoms with E-state index in [1.54, 1.807) is 6.20 Å². The first-order valence-corrected chi connectivity index (χ1v) is 9.71. The topological polar surface area (TPSA) is 61.0 Å². The van der Waals surface area contributed by atoms with Crippen LogP contribution in [-0.4, -0.2) is 40.4 Å². The van der Waals surface area contributed by atoms with E-state index < -0.39 is 0 Å². The second kappa shape index (κ2) is 7.92. The lowest BCUT2D eigenvalue weighted by molar-refractivity contribution is -0.126. The fourth-order valence-electron chi connectivity index (χ4n) is 4.05. The number of nitrogens with zero attached hydrogens (tertiary/aromatic N) is 2. The maximum atomic E-state index is 13.0. The van der Waals surface area contributed by atoms with E-state index in [-0.39, 0.29) is 11.9 Å². The van der Waals surface area contributed by atoms with Gasteiger partial charge in [0, 0.05) is 36.0 Å². The number of aromatic amines is 1. The number of fused-ring (bicyclic) bond motifs is 1. The summed E-state index contributed by atoms with van der Waals surface area (Å²) < 4.78 is 0. The Kier molecular flexibility index (Phi) is 5.21. The van der Waals surface area contributed by atoms with Crippen LogP contribution in [-0.2, 0) is 11.2 Å². The van der Waals surface area contributed by atoms with Crippen molar-refractivity contribution >= 4 is 16.8 Å². The van der Waals surface area contributed by atoms with Crippen LogP contribution in [0.25, 0.3) is 10.9 Å². The standard InChI is InChI=1S/C22H26N4O/c1-16-6-4-8-19-17(15-25-20(16)19)9-11-24-22(27)21(26-12-2-3-13-26)18-7-5-10-23-14-18/h4-8,10,14-15,21,25H,2-3,9,11-13H2,1H3,(H,24,27). The van der Waals surface area contributed by atoms with Crippen LogP contribution in [0.2, 0.25) is 0 Å². The van der Waals surface area contributed by atoms with Gasteiger partial charge in [-0.2, -0.15) is 0 Å². The van der Waals surface area contributed by atoms with Crippen molar-refractivity contribution in [2.24, 2.45) is 0 Å². The summed E-state index contributed by atoms with van der Waals surface area (Å²) in [5.41, 5.74) is 4.64. The van der Waals surface area contributed by atoms with Crippen molar-refractivity contribution in [2.45, 2.75) is 32.2 Å². The van der Waals surface area contributed by atoms with Crippen molar-refractivity contribution in [2.75, 3.05) is 19.6 Å². The Morgan fingerprint density at radius 3 is 2.89 bits per heavy atom. The van der Waals surface area contributed by atoms with Gasteiger partial charge in [-0.05, 0) is 62.0 Å². The third kappa shape index (κ3) is 3.74. The van der Waals surface area contributed by atoms with Crippen molar-refractivity contribution in [3.05, 3.63) is 65.6 Å². The van der Waals surface area contributed by atoms with Gasteiger partial charge in [-0.1, -0.05) is 24.3 Å². The quantitative estimate of drug-likeness (QED) is 0.707. The molecule has 5 heteroatoms. The largest absolute Gasteiger partial charge is 0.361 e. The fraction of sp³-hybridized carbons (Fsp3) is 0.364. The number of carbonyl (C=O) groups excluding carboxylic acids is 1. The monoisotopic (exact) mass is 362 g/mol. The van der Waals surface area contributed by atoms with E-state index >= 15 is 0 Å². The zero-order chi connectivity index (χ0) is 18.6. The molecule has 0 aliphatic carbocycles. The summed E-state index contributed by atoms with van der Waals surface area (Å²) in [5.74, 6) is 0.0703. The summed E-state index contributed by atoms with van der Waals surface area (Å²) in [6, 6.07) is 9.99. The molecule has 4 rings (SSSR count). The zero-order valence-corrected chi connectivity index (χ0v) is 15.7. The minimum Gasteiger partial charge on any atom is -0.361 e. The molecule has 0 saturated carbocycles. The SMILES string of the molecule is Cc1cccc2c(CCNC(=O)C(c3cccnc3)N3CCCC3)c[nH]c12. The highest BCUT2D eigenvalue weighted by molar-refractivity contribution is 5.86. The average molecular weight is 362 g/mol. The Balaban J connectivity index is 1.44. The first-order chi connectivity index (χ1) is 13.2. The lowest BCUT2D eigenvalue weighted by Crippen LogP contribution is -2.40. The Bertz CT molecular complexity index is 912. The number of rotatable bonds is 6. The van der Waals surface area contributed by atoms with E-state index in [1.165, 1.54) is 22.0 Å². The molecule has 3 aromatic rings. The predicted octanol–water partition coefficient (Wildman–Crippen LogP) is 3.37. The van der Waals surface area contributed by atoms with Gasteiger partial charge in [0.2, 0.25) is 5.91 Å². The Morgan fingerprint density at radius 1 is 1.26 bits per heavy atom. The smallest absolute Gasteiger partial charge is 0.242 e. The molecular formula is C22H26N4O. The van der Waals surface area contributed by atoms with E-state index in [4.69, 9.17) is 0 Å². The molecule has 3 heterocycles. The van der Waals surface area contributed by atoms with Crippen LogP contribution in [0, 0.1) is 6.92 Å². The van der Waals surface area contributed by atoms with Gasteiger partial charge in [0.05, 0.1) is 0 Å². The molecule has 0 bridgehead atoms. The highest BCUT2D eigenvalue weighted by Gasteiger charge is 2.29. The van der Waals surface area contributed by atoms with Crippen molar-refractivity contribution in [3.8, 4) is 0 Å². The minimum atomic E-state index is -0.244. The molecule has 1 saturated heterocycles. The van der Waals surface area contributed by atoms with Gasteiger partial charge in [-0.15, -0.1) is 0 Å². The second-order valence-electron chi connectivity index (χ2n) is 7.28. The summed E-state index contributed by atoms with van der Waals surface area (Å²) in [6.07, 6.45) is 8.74. The highest BCUT2D eigenvalue weighted by Crippen LogP contribution is 2.25. The Morgan fingerprint density at radius 2 is 2.11 bits per heavy atom. The highest BCUT2D eigenvalue weighted by atomic mass is 16.2. The summed E-state index contributed by atoms with van der Waals surface area (Å²) >= 11 is 0. The fourth-order valence-corrected chi connectivity index (χ4v) is 4.05. The Labute approximate surface area is 159 Å². The molecule has 1 aromatic carbocycles. The molecule has 1 aliphatic rings. The minimum absolute atomic E-state index is 0.0703. The summed E-state index contributed by atoms with van der Waals surface area (Å²) in [5, 5.41) is 4.40.